The minimum atomic E-state index is -0.422. The first-order valence-electron chi connectivity index (χ1n) is 8.73. The number of nitrogens with one attached hydrogen (secondary N) is 1. The Morgan fingerprint density at radius 1 is 1.00 bits per heavy atom. The lowest BCUT2D eigenvalue weighted by Crippen LogP contribution is -2.42. The fraction of sp³-hybridized carbons (Fsp3) is 0.217. The quantitative estimate of drug-likeness (QED) is 0.546. The molecule has 26 heavy (non-hydrogen) atoms. The van der Waals surface area contributed by atoms with Crippen LogP contribution in [0, 0.1) is 0 Å². The van der Waals surface area contributed by atoms with E-state index in [0.29, 0.717) is 13.0 Å². The van der Waals surface area contributed by atoms with E-state index < -0.39 is 5.41 Å². The summed E-state index contributed by atoms with van der Waals surface area (Å²) in [7, 11) is 0. The molecule has 0 bridgehead atoms. The zero-order valence-electron chi connectivity index (χ0n) is 15.2. The summed E-state index contributed by atoms with van der Waals surface area (Å²) in [6.45, 7) is 5.57. The Bertz CT molecular complexity index is 724. The van der Waals surface area contributed by atoms with Crippen molar-refractivity contribution in [2.24, 2.45) is 0 Å². The summed E-state index contributed by atoms with van der Waals surface area (Å²) in [5.41, 5.74) is 1.81. The highest BCUT2D eigenvalue weighted by atomic mass is 16.2. The molecule has 0 fully saturated rings. The first-order valence-corrected chi connectivity index (χ1v) is 8.73. The zero-order valence-corrected chi connectivity index (χ0v) is 15.2. The van der Waals surface area contributed by atoms with Crippen molar-refractivity contribution >= 4 is 11.7 Å². The van der Waals surface area contributed by atoms with Crippen molar-refractivity contribution in [1.29, 1.82) is 0 Å². The minimum Gasteiger partial charge on any atom is -0.354 e. The number of Topliss-reactive ketones (excluding diaryl/α,β-unsaturated/α-hetero) is 1. The van der Waals surface area contributed by atoms with Crippen molar-refractivity contribution in [1.82, 2.24) is 5.32 Å². The van der Waals surface area contributed by atoms with Gasteiger partial charge in [-0.15, -0.1) is 0 Å². The molecule has 2 aromatic rings. The average molecular weight is 347 g/mol. The number of rotatable bonds is 9. The third kappa shape index (κ3) is 5.03. The summed E-state index contributed by atoms with van der Waals surface area (Å²) < 4.78 is 0. The summed E-state index contributed by atoms with van der Waals surface area (Å²) in [5.74, 6) is -0.388. The monoisotopic (exact) mass is 347 g/mol. The van der Waals surface area contributed by atoms with Gasteiger partial charge in [-0.1, -0.05) is 85.5 Å². The molecule has 0 radical (unpaired) electrons. The zero-order chi connectivity index (χ0) is 18.8. The fourth-order valence-electron chi connectivity index (χ4n) is 3.10. The Labute approximate surface area is 155 Å². The molecule has 1 amide bonds. The molecule has 3 nitrogen and oxygen atoms in total. The van der Waals surface area contributed by atoms with Crippen LogP contribution in [0.5, 0.6) is 0 Å². The highest BCUT2D eigenvalue weighted by molar-refractivity contribution is 5.96. The third-order valence-electron chi connectivity index (χ3n) is 4.39. The lowest BCUT2D eigenvalue weighted by atomic mass is 9.71. The summed E-state index contributed by atoms with van der Waals surface area (Å²) in [6, 6.07) is 20.3. The number of amides is 1. The predicted molar refractivity (Wildman–Crippen MR) is 106 cm³/mol. The number of carbonyl (C=O) groups excluding carboxylic acids is 2. The SMILES string of the molecule is C=C/C=C/CC(CNC(=O)CC(C)=O)(c1ccccc1)c1ccccc1. The summed E-state index contributed by atoms with van der Waals surface area (Å²) in [6.07, 6.45) is 6.33. The maximum atomic E-state index is 12.1. The molecule has 1 N–H and O–H groups in total. The van der Waals surface area contributed by atoms with E-state index in [9.17, 15) is 9.59 Å². The molecule has 0 aromatic heterocycles. The smallest absolute Gasteiger partial charge is 0.227 e. The van der Waals surface area contributed by atoms with Gasteiger partial charge in [0, 0.05) is 12.0 Å². The van der Waals surface area contributed by atoms with Crippen LogP contribution in [-0.2, 0) is 15.0 Å². The van der Waals surface area contributed by atoms with Gasteiger partial charge in [0.25, 0.3) is 0 Å². The van der Waals surface area contributed by atoms with Crippen LogP contribution in [0.1, 0.15) is 30.9 Å². The number of carbonyl (C=O) groups is 2. The highest BCUT2D eigenvalue weighted by Crippen LogP contribution is 2.35. The van der Waals surface area contributed by atoms with Gasteiger partial charge in [-0.25, -0.2) is 0 Å². The van der Waals surface area contributed by atoms with E-state index in [-0.39, 0.29) is 18.1 Å². The van der Waals surface area contributed by atoms with E-state index in [1.165, 1.54) is 6.92 Å². The lowest BCUT2D eigenvalue weighted by molar-refractivity contribution is -0.127. The molecule has 0 aliphatic carbocycles. The fourth-order valence-corrected chi connectivity index (χ4v) is 3.10. The first kappa shape index (κ1) is 19.4. The van der Waals surface area contributed by atoms with Crippen LogP contribution >= 0.6 is 0 Å². The van der Waals surface area contributed by atoms with E-state index in [0.717, 1.165) is 11.1 Å². The molecule has 0 heterocycles. The van der Waals surface area contributed by atoms with Crippen LogP contribution in [0.4, 0.5) is 0 Å². The van der Waals surface area contributed by atoms with Crippen molar-refractivity contribution in [3.8, 4) is 0 Å². The second-order valence-corrected chi connectivity index (χ2v) is 6.34. The summed E-state index contributed by atoms with van der Waals surface area (Å²) >= 11 is 0. The van der Waals surface area contributed by atoms with E-state index in [2.05, 4.69) is 42.2 Å². The Kier molecular flexibility index (Phi) is 7.10. The Morgan fingerprint density at radius 2 is 1.54 bits per heavy atom. The van der Waals surface area contributed by atoms with E-state index >= 15 is 0 Å². The van der Waals surface area contributed by atoms with Gasteiger partial charge in [-0.05, 0) is 24.5 Å². The Hall–Kier alpha value is -2.94. The van der Waals surface area contributed by atoms with Gasteiger partial charge in [-0.2, -0.15) is 0 Å². The predicted octanol–water partition coefficient (Wildman–Crippen LogP) is 4.20. The van der Waals surface area contributed by atoms with Crippen molar-refractivity contribution in [3.63, 3.8) is 0 Å². The van der Waals surface area contributed by atoms with Gasteiger partial charge in [-0.3, -0.25) is 9.59 Å². The van der Waals surface area contributed by atoms with Crippen molar-refractivity contribution in [2.45, 2.75) is 25.2 Å². The molecular weight excluding hydrogens is 322 g/mol. The van der Waals surface area contributed by atoms with Gasteiger partial charge in [0.2, 0.25) is 5.91 Å². The maximum Gasteiger partial charge on any atom is 0.227 e. The molecule has 0 saturated carbocycles. The van der Waals surface area contributed by atoms with Gasteiger partial charge in [0.1, 0.15) is 5.78 Å². The van der Waals surface area contributed by atoms with Crippen LogP contribution in [0.15, 0.2) is 85.5 Å². The molecule has 2 aromatic carbocycles. The number of hydrogen-bond acceptors (Lipinski definition) is 2. The molecule has 0 atom stereocenters. The van der Waals surface area contributed by atoms with E-state index in [1.54, 1.807) is 6.08 Å². The van der Waals surface area contributed by atoms with Gasteiger partial charge < -0.3 is 5.32 Å². The third-order valence-corrected chi connectivity index (χ3v) is 4.39. The molecule has 0 aliphatic heterocycles. The average Bonchev–Trinajstić information content (AvgIpc) is 2.65. The standard InChI is InChI=1S/C23H25NO2/c1-3-4-11-16-23(20-12-7-5-8-13-20,21-14-9-6-10-15-21)18-24-22(26)17-19(2)25/h3-15H,1,16-18H2,2H3,(H,24,26)/b11-4+. The van der Waals surface area contributed by atoms with Gasteiger partial charge in [0.15, 0.2) is 0 Å². The summed E-state index contributed by atoms with van der Waals surface area (Å²) in [5, 5.41) is 2.96. The first-order chi connectivity index (χ1) is 12.6. The van der Waals surface area contributed by atoms with Crippen LogP contribution in [0.2, 0.25) is 0 Å². The topological polar surface area (TPSA) is 46.2 Å². The number of ketones is 1. The van der Waals surface area contributed by atoms with Crippen LogP contribution < -0.4 is 5.32 Å². The molecule has 0 saturated heterocycles. The molecular formula is C23H25NO2. The van der Waals surface area contributed by atoms with Crippen LogP contribution in [0.25, 0.3) is 0 Å². The highest BCUT2D eigenvalue weighted by Gasteiger charge is 2.33. The minimum absolute atomic E-state index is 0.0951. The Morgan fingerprint density at radius 3 is 2.00 bits per heavy atom. The molecule has 3 heteroatoms. The second kappa shape index (κ2) is 9.52. The van der Waals surface area contributed by atoms with Crippen LogP contribution in [-0.4, -0.2) is 18.2 Å². The normalized spacial score (nSPS) is 11.3. The second-order valence-electron chi connectivity index (χ2n) is 6.34. The van der Waals surface area contributed by atoms with Crippen molar-refractivity contribution in [2.75, 3.05) is 6.54 Å². The molecule has 0 spiro atoms. The Balaban J connectivity index is 2.45. The largest absolute Gasteiger partial charge is 0.354 e. The van der Waals surface area contributed by atoms with Crippen molar-refractivity contribution < 1.29 is 9.59 Å². The van der Waals surface area contributed by atoms with Gasteiger partial charge >= 0.3 is 0 Å². The number of hydrogen-bond donors (Lipinski definition) is 1. The molecule has 0 unspecified atom stereocenters. The molecule has 134 valence electrons. The maximum absolute atomic E-state index is 12.1. The number of benzene rings is 2. The van der Waals surface area contributed by atoms with E-state index in [1.807, 2.05) is 42.5 Å². The summed E-state index contributed by atoms with van der Waals surface area (Å²) in [4.78, 5) is 23.4. The lowest BCUT2D eigenvalue weighted by Gasteiger charge is -2.34. The number of allylic oxidation sites excluding steroid dienone is 3. The van der Waals surface area contributed by atoms with Crippen molar-refractivity contribution in [3.05, 3.63) is 96.6 Å². The van der Waals surface area contributed by atoms with E-state index in [4.69, 9.17) is 0 Å². The van der Waals surface area contributed by atoms with Gasteiger partial charge in [0.05, 0.1) is 6.42 Å². The molecule has 2 rings (SSSR count). The molecule has 0 aliphatic rings. The van der Waals surface area contributed by atoms with Crippen LogP contribution in [0.3, 0.4) is 0 Å².